The van der Waals surface area contributed by atoms with Gasteiger partial charge in [-0.05, 0) is 49.3 Å². The van der Waals surface area contributed by atoms with Crippen LogP contribution in [0.25, 0.3) is 0 Å². The van der Waals surface area contributed by atoms with Crippen LogP contribution in [0, 0.1) is 5.92 Å². The highest BCUT2D eigenvalue weighted by atomic mass is 16.2. The highest BCUT2D eigenvalue weighted by Crippen LogP contribution is 2.24. The standard InChI is InChI=1S/C19H25N3O2/c1-2-17(21-9-3-4-10-21)19(24)22-11-7-15(8-12-22)13-16-5-6-18(23)20-14-16/h3-6,9-10,14-15,17H,2,7-8,11-13H2,1H3,(H,20,23). The van der Waals surface area contributed by atoms with E-state index in [2.05, 4.69) is 11.9 Å². The third kappa shape index (κ3) is 3.78. The second-order valence-electron chi connectivity index (χ2n) is 6.59. The first kappa shape index (κ1) is 16.6. The summed E-state index contributed by atoms with van der Waals surface area (Å²) in [7, 11) is 0. The van der Waals surface area contributed by atoms with Gasteiger partial charge in [-0.3, -0.25) is 9.59 Å². The number of aromatic amines is 1. The molecule has 0 spiro atoms. The molecule has 1 saturated heterocycles. The fourth-order valence-corrected chi connectivity index (χ4v) is 3.54. The summed E-state index contributed by atoms with van der Waals surface area (Å²) < 4.78 is 2.01. The lowest BCUT2D eigenvalue weighted by Gasteiger charge is -2.34. The van der Waals surface area contributed by atoms with Crippen LogP contribution in [-0.2, 0) is 11.2 Å². The lowest BCUT2D eigenvalue weighted by molar-refractivity contribution is -0.136. The molecule has 128 valence electrons. The Morgan fingerprint density at radius 2 is 1.96 bits per heavy atom. The summed E-state index contributed by atoms with van der Waals surface area (Å²) in [5.74, 6) is 0.808. The van der Waals surface area contributed by atoms with Crippen molar-refractivity contribution in [2.24, 2.45) is 5.92 Å². The second kappa shape index (κ2) is 7.51. The SMILES string of the molecule is CCC(C(=O)N1CCC(Cc2ccc(=O)[nH]c2)CC1)n1cccc1. The number of likely N-dealkylation sites (tertiary alicyclic amines) is 1. The highest BCUT2D eigenvalue weighted by Gasteiger charge is 2.28. The minimum absolute atomic E-state index is 0.0604. The van der Waals surface area contributed by atoms with Crippen LogP contribution in [0.5, 0.6) is 0 Å². The van der Waals surface area contributed by atoms with Crippen LogP contribution in [0.3, 0.4) is 0 Å². The summed E-state index contributed by atoms with van der Waals surface area (Å²) in [4.78, 5) is 28.7. The number of nitrogens with one attached hydrogen (secondary N) is 1. The first-order valence-corrected chi connectivity index (χ1v) is 8.76. The number of rotatable bonds is 5. The van der Waals surface area contributed by atoms with E-state index in [1.54, 1.807) is 12.3 Å². The summed E-state index contributed by atoms with van der Waals surface area (Å²) in [6, 6.07) is 7.32. The van der Waals surface area contributed by atoms with Gasteiger partial charge in [-0.25, -0.2) is 0 Å². The Bertz CT molecular complexity index is 692. The molecule has 0 aliphatic carbocycles. The number of carbonyl (C=O) groups excluding carboxylic acids is 1. The average Bonchev–Trinajstić information content (AvgIpc) is 3.12. The Hall–Kier alpha value is -2.30. The van der Waals surface area contributed by atoms with Gasteiger partial charge in [0.25, 0.3) is 0 Å². The van der Waals surface area contributed by atoms with Crippen molar-refractivity contribution in [1.29, 1.82) is 0 Å². The van der Waals surface area contributed by atoms with Crippen molar-refractivity contribution in [2.45, 2.75) is 38.6 Å². The fourth-order valence-electron chi connectivity index (χ4n) is 3.54. The van der Waals surface area contributed by atoms with Gasteiger partial charge in [0, 0.05) is 37.7 Å². The van der Waals surface area contributed by atoms with Crippen LogP contribution in [0.4, 0.5) is 0 Å². The van der Waals surface area contributed by atoms with E-state index in [-0.39, 0.29) is 17.5 Å². The molecule has 0 aromatic carbocycles. The molecule has 1 amide bonds. The van der Waals surface area contributed by atoms with Crippen LogP contribution >= 0.6 is 0 Å². The Kier molecular flexibility index (Phi) is 5.18. The first-order valence-electron chi connectivity index (χ1n) is 8.76. The van der Waals surface area contributed by atoms with Gasteiger partial charge in [-0.15, -0.1) is 0 Å². The van der Waals surface area contributed by atoms with E-state index in [0.717, 1.165) is 44.3 Å². The molecule has 1 aliphatic heterocycles. The number of nitrogens with zero attached hydrogens (tertiary/aromatic N) is 2. The van der Waals surface area contributed by atoms with E-state index in [0.29, 0.717) is 5.92 Å². The number of piperidine rings is 1. The van der Waals surface area contributed by atoms with Gasteiger partial charge in [-0.1, -0.05) is 13.0 Å². The molecule has 1 fully saturated rings. The van der Waals surface area contributed by atoms with E-state index in [4.69, 9.17) is 0 Å². The summed E-state index contributed by atoms with van der Waals surface area (Å²) >= 11 is 0. The predicted molar refractivity (Wildman–Crippen MR) is 93.8 cm³/mol. The van der Waals surface area contributed by atoms with E-state index < -0.39 is 0 Å². The van der Waals surface area contributed by atoms with Crippen LogP contribution < -0.4 is 5.56 Å². The lowest BCUT2D eigenvalue weighted by atomic mass is 9.90. The van der Waals surface area contributed by atoms with Crippen molar-refractivity contribution >= 4 is 5.91 Å². The van der Waals surface area contributed by atoms with Gasteiger partial charge in [0.1, 0.15) is 6.04 Å². The van der Waals surface area contributed by atoms with Crippen molar-refractivity contribution in [3.63, 3.8) is 0 Å². The number of carbonyl (C=O) groups is 1. The largest absolute Gasteiger partial charge is 0.342 e. The number of aromatic nitrogens is 2. The number of pyridine rings is 1. The molecule has 3 rings (SSSR count). The molecular formula is C19H25N3O2. The summed E-state index contributed by atoms with van der Waals surface area (Å²) in [5.41, 5.74) is 1.10. The fraction of sp³-hybridized carbons (Fsp3) is 0.474. The van der Waals surface area contributed by atoms with E-state index >= 15 is 0 Å². The molecule has 5 heteroatoms. The molecule has 24 heavy (non-hydrogen) atoms. The van der Waals surface area contributed by atoms with Crippen LogP contribution in [0.1, 0.15) is 37.8 Å². The zero-order valence-corrected chi connectivity index (χ0v) is 14.1. The Balaban J connectivity index is 1.55. The van der Waals surface area contributed by atoms with E-state index in [1.807, 2.05) is 40.1 Å². The van der Waals surface area contributed by atoms with Gasteiger partial charge >= 0.3 is 0 Å². The zero-order valence-electron chi connectivity index (χ0n) is 14.1. The maximum Gasteiger partial charge on any atom is 0.247 e. The second-order valence-corrected chi connectivity index (χ2v) is 6.59. The van der Waals surface area contributed by atoms with Crippen molar-refractivity contribution in [3.05, 3.63) is 58.8 Å². The molecule has 0 radical (unpaired) electrons. The number of amides is 1. The van der Waals surface area contributed by atoms with Gasteiger partial charge in [0.05, 0.1) is 0 Å². The molecule has 0 bridgehead atoms. The van der Waals surface area contributed by atoms with Gasteiger partial charge in [-0.2, -0.15) is 0 Å². The van der Waals surface area contributed by atoms with Crippen molar-refractivity contribution in [1.82, 2.24) is 14.5 Å². The van der Waals surface area contributed by atoms with Crippen molar-refractivity contribution < 1.29 is 4.79 Å². The Morgan fingerprint density at radius 3 is 2.54 bits per heavy atom. The van der Waals surface area contributed by atoms with Crippen molar-refractivity contribution in [3.8, 4) is 0 Å². The van der Waals surface area contributed by atoms with Gasteiger partial charge in [0.2, 0.25) is 11.5 Å². The van der Waals surface area contributed by atoms with Crippen LogP contribution in [0.15, 0.2) is 47.7 Å². The quantitative estimate of drug-likeness (QED) is 0.918. The van der Waals surface area contributed by atoms with E-state index in [1.165, 1.54) is 0 Å². The van der Waals surface area contributed by atoms with Crippen LogP contribution in [-0.4, -0.2) is 33.4 Å². The molecule has 2 aromatic heterocycles. The molecule has 0 saturated carbocycles. The summed E-state index contributed by atoms with van der Waals surface area (Å²) in [6.45, 7) is 3.71. The first-order chi connectivity index (χ1) is 11.7. The van der Waals surface area contributed by atoms with Gasteiger partial charge in [0.15, 0.2) is 0 Å². The minimum Gasteiger partial charge on any atom is -0.342 e. The topological polar surface area (TPSA) is 58.1 Å². The van der Waals surface area contributed by atoms with Gasteiger partial charge < -0.3 is 14.5 Å². The molecule has 5 nitrogen and oxygen atoms in total. The molecule has 1 N–H and O–H groups in total. The molecule has 1 atom stereocenters. The number of hydrogen-bond donors (Lipinski definition) is 1. The average molecular weight is 327 g/mol. The highest BCUT2D eigenvalue weighted by molar-refractivity contribution is 5.80. The van der Waals surface area contributed by atoms with E-state index in [9.17, 15) is 9.59 Å². The minimum atomic E-state index is -0.0873. The smallest absolute Gasteiger partial charge is 0.247 e. The predicted octanol–water partition coefficient (Wildman–Crippen LogP) is 2.61. The summed E-state index contributed by atoms with van der Waals surface area (Å²) in [6.07, 6.45) is 9.56. The molecule has 3 heterocycles. The zero-order chi connectivity index (χ0) is 16.9. The normalized spacial score (nSPS) is 17.0. The molecule has 1 aliphatic rings. The number of hydrogen-bond acceptors (Lipinski definition) is 2. The monoisotopic (exact) mass is 327 g/mol. The lowest BCUT2D eigenvalue weighted by Crippen LogP contribution is -2.42. The molecular weight excluding hydrogens is 302 g/mol. The summed E-state index contributed by atoms with van der Waals surface area (Å²) in [5, 5.41) is 0. The molecule has 1 unspecified atom stereocenters. The number of H-pyrrole nitrogens is 1. The third-order valence-electron chi connectivity index (χ3n) is 4.96. The maximum atomic E-state index is 12.8. The Morgan fingerprint density at radius 1 is 1.25 bits per heavy atom. The van der Waals surface area contributed by atoms with Crippen LogP contribution in [0.2, 0.25) is 0 Å². The van der Waals surface area contributed by atoms with Crippen molar-refractivity contribution in [2.75, 3.05) is 13.1 Å². The maximum absolute atomic E-state index is 12.8. The third-order valence-corrected chi connectivity index (χ3v) is 4.96. The molecule has 2 aromatic rings. The Labute approximate surface area is 142 Å².